The van der Waals surface area contributed by atoms with E-state index in [0.717, 1.165) is 45.0 Å². The Morgan fingerprint density at radius 2 is 1.76 bits per heavy atom. The number of nitrogens with zero attached hydrogens (tertiary/aromatic N) is 3. The average molecular weight is 396 g/mol. The molecule has 3 rings (SSSR count). The third kappa shape index (κ3) is 7.46. The standard InChI is InChI=1S/C25H37N3O/c1-26(2)17-18-29-25-13-7-11-23(19-25)20-28-15-8-12-24(21-28)27(3)16-14-22-9-5-4-6-10-22/h4-7,9-11,13,19,24H,8,12,14-18,20-21H2,1-3H3. The Kier molecular flexibility index (Phi) is 8.53. The summed E-state index contributed by atoms with van der Waals surface area (Å²) in [4.78, 5) is 7.30. The molecule has 1 heterocycles. The first-order valence-electron chi connectivity index (χ1n) is 10.9. The van der Waals surface area contributed by atoms with E-state index >= 15 is 0 Å². The third-order valence-electron chi connectivity index (χ3n) is 5.81. The maximum Gasteiger partial charge on any atom is 0.119 e. The van der Waals surface area contributed by atoms with Crippen LogP contribution in [-0.4, -0.2) is 74.7 Å². The molecule has 0 N–H and O–H groups in total. The van der Waals surface area contributed by atoms with E-state index in [0.29, 0.717) is 6.04 Å². The van der Waals surface area contributed by atoms with Crippen LogP contribution in [0.3, 0.4) is 0 Å². The molecule has 4 heteroatoms. The van der Waals surface area contributed by atoms with Crippen molar-refractivity contribution in [2.75, 3.05) is 53.9 Å². The molecule has 1 atom stereocenters. The van der Waals surface area contributed by atoms with Crippen LogP contribution in [-0.2, 0) is 13.0 Å². The monoisotopic (exact) mass is 395 g/mol. The van der Waals surface area contributed by atoms with E-state index in [1.165, 1.54) is 30.5 Å². The van der Waals surface area contributed by atoms with Gasteiger partial charge in [-0.2, -0.15) is 0 Å². The van der Waals surface area contributed by atoms with Gasteiger partial charge in [0, 0.05) is 32.2 Å². The van der Waals surface area contributed by atoms with Crippen LogP contribution < -0.4 is 4.74 Å². The molecule has 1 aliphatic rings. The van der Waals surface area contributed by atoms with Gasteiger partial charge >= 0.3 is 0 Å². The molecule has 1 aliphatic heterocycles. The van der Waals surface area contributed by atoms with Crippen LogP contribution in [0.15, 0.2) is 54.6 Å². The lowest BCUT2D eigenvalue weighted by molar-refractivity contribution is 0.112. The van der Waals surface area contributed by atoms with Crippen molar-refractivity contribution < 1.29 is 4.74 Å². The van der Waals surface area contributed by atoms with Crippen molar-refractivity contribution in [2.45, 2.75) is 31.8 Å². The van der Waals surface area contributed by atoms with Gasteiger partial charge in [0.15, 0.2) is 0 Å². The van der Waals surface area contributed by atoms with Crippen molar-refractivity contribution >= 4 is 0 Å². The molecular formula is C25H37N3O. The maximum atomic E-state index is 5.91. The predicted octanol–water partition coefficient (Wildman–Crippen LogP) is 3.77. The lowest BCUT2D eigenvalue weighted by Crippen LogP contribution is -2.46. The summed E-state index contributed by atoms with van der Waals surface area (Å²) < 4.78 is 5.91. The SMILES string of the molecule is CN(C)CCOc1cccc(CN2CCCC(N(C)CCc3ccccc3)C2)c1. The molecule has 0 spiro atoms. The van der Waals surface area contributed by atoms with Crippen LogP contribution in [0.25, 0.3) is 0 Å². The van der Waals surface area contributed by atoms with Gasteiger partial charge < -0.3 is 14.5 Å². The van der Waals surface area contributed by atoms with E-state index in [2.05, 4.69) is 90.4 Å². The summed E-state index contributed by atoms with van der Waals surface area (Å²) in [7, 11) is 6.43. The molecule has 0 amide bonds. The number of ether oxygens (including phenoxy) is 1. The highest BCUT2D eigenvalue weighted by Gasteiger charge is 2.23. The summed E-state index contributed by atoms with van der Waals surface area (Å²) >= 11 is 0. The van der Waals surface area contributed by atoms with Gasteiger partial charge in [-0.05, 0) is 70.2 Å². The van der Waals surface area contributed by atoms with Crippen molar-refractivity contribution in [2.24, 2.45) is 0 Å². The number of rotatable bonds is 10. The number of likely N-dealkylation sites (N-methyl/N-ethyl adjacent to an activating group) is 2. The highest BCUT2D eigenvalue weighted by molar-refractivity contribution is 5.28. The fourth-order valence-corrected chi connectivity index (χ4v) is 4.01. The molecule has 0 aromatic heterocycles. The predicted molar refractivity (Wildman–Crippen MR) is 122 cm³/mol. The summed E-state index contributed by atoms with van der Waals surface area (Å²) in [5, 5.41) is 0. The van der Waals surface area contributed by atoms with E-state index in [1.54, 1.807) is 0 Å². The van der Waals surface area contributed by atoms with E-state index in [4.69, 9.17) is 4.74 Å². The molecule has 0 radical (unpaired) electrons. The number of hydrogen-bond donors (Lipinski definition) is 0. The van der Waals surface area contributed by atoms with Crippen LogP contribution in [0.1, 0.15) is 24.0 Å². The van der Waals surface area contributed by atoms with Crippen molar-refractivity contribution in [3.8, 4) is 5.75 Å². The zero-order valence-corrected chi connectivity index (χ0v) is 18.4. The van der Waals surface area contributed by atoms with Gasteiger partial charge in [-0.1, -0.05) is 42.5 Å². The zero-order chi connectivity index (χ0) is 20.5. The first kappa shape index (κ1) is 21.8. The van der Waals surface area contributed by atoms with Crippen LogP contribution in [0, 0.1) is 0 Å². The molecule has 4 nitrogen and oxygen atoms in total. The van der Waals surface area contributed by atoms with E-state index < -0.39 is 0 Å². The zero-order valence-electron chi connectivity index (χ0n) is 18.4. The molecular weight excluding hydrogens is 358 g/mol. The van der Waals surface area contributed by atoms with Gasteiger partial charge in [-0.25, -0.2) is 0 Å². The van der Waals surface area contributed by atoms with Crippen LogP contribution in [0.2, 0.25) is 0 Å². The van der Waals surface area contributed by atoms with E-state index in [9.17, 15) is 0 Å². The second-order valence-corrected chi connectivity index (χ2v) is 8.55. The fraction of sp³-hybridized carbons (Fsp3) is 0.520. The maximum absolute atomic E-state index is 5.91. The lowest BCUT2D eigenvalue weighted by atomic mass is 10.0. The van der Waals surface area contributed by atoms with Gasteiger partial charge in [0.2, 0.25) is 0 Å². The van der Waals surface area contributed by atoms with Crippen molar-refractivity contribution in [3.63, 3.8) is 0 Å². The Labute approximate surface area is 177 Å². The van der Waals surface area contributed by atoms with E-state index in [1.807, 2.05) is 0 Å². The number of benzene rings is 2. The Hall–Kier alpha value is -1.88. The topological polar surface area (TPSA) is 19.0 Å². The van der Waals surface area contributed by atoms with Crippen molar-refractivity contribution in [1.29, 1.82) is 0 Å². The highest BCUT2D eigenvalue weighted by Crippen LogP contribution is 2.20. The summed E-state index contributed by atoms with van der Waals surface area (Å²) in [6.45, 7) is 6.14. The number of hydrogen-bond acceptors (Lipinski definition) is 4. The molecule has 1 unspecified atom stereocenters. The minimum absolute atomic E-state index is 0.645. The second kappa shape index (κ2) is 11.3. The molecule has 158 valence electrons. The van der Waals surface area contributed by atoms with Crippen LogP contribution in [0.5, 0.6) is 5.75 Å². The quantitative estimate of drug-likeness (QED) is 0.610. The molecule has 0 aliphatic carbocycles. The second-order valence-electron chi connectivity index (χ2n) is 8.55. The van der Waals surface area contributed by atoms with Crippen molar-refractivity contribution in [1.82, 2.24) is 14.7 Å². The summed E-state index contributed by atoms with van der Waals surface area (Å²) in [5.41, 5.74) is 2.78. The smallest absolute Gasteiger partial charge is 0.119 e. The molecule has 2 aromatic carbocycles. The largest absolute Gasteiger partial charge is 0.492 e. The molecule has 0 bridgehead atoms. The summed E-state index contributed by atoms with van der Waals surface area (Å²) in [6.07, 6.45) is 3.70. The average Bonchev–Trinajstić information content (AvgIpc) is 2.73. The van der Waals surface area contributed by atoms with Crippen LogP contribution >= 0.6 is 0 Å². The van der Waals surface area contributed by atoms with Gasteiger partial charge in [0.1, 0.15) is 12.4 Å². The normalized spacial score (nSPS) is 17.8. The first-order chi connectivity index (χ1) is 14.1. The van der Waals surface area contributed by atoms with Crippen LogP contribution in [0.4, 0.5) is 0 Å². The lowest BCUT2D eigenvalue weighted by Gasteiger charge is -2.37. The van der Waals surface area contributed by atoms with E-state index in [-0.39, 0.29) is 0 Å². The van der Waals surface area contributed by atoms with Crippen molar-refractivity contribution in [3.05, 3.63) is 65.7 Å². The third-order valence-corrected chi connectivity index (χ3v) is 5.81. The minimum atomic E-state index is 0.645. The molecule has 2 aromatic rings. The number of likely N-dealkylation sites (tertiary alicyclic amines) is 1. The fourth-order valence-electron chi connectivity index (χ4n) is 4.01. The molecule has 1 fully saturated rings. The Balaban J connectivity index is 1.47. The van der Waals surface area contributed by atoms with Gasteiger partial charge in [-0.3, -0.25) is 4.90 Å². The molecule has 1 saturated heterocycles. The highest BCUT2D eigenvalue weighted by atomic mass is 16.5. The Bertz CT molecular complexity index is 719. The first-order valence-corrected chi connectivity index (χ1v) is 10.9. The van der Waals surface area contributed by atoms with Gasteiger partial charge in [-0.15, -0.1) is 0 Å². The Morgan fingerprint density at radius 3 is 2.55 bits per heavy atom. The number of piperidine rings is 1. The molecule has 29 heavy (non-hydrogen) atoms. The summed E-state index contributed by atoms with van der Waals surface area (Å²) in [6, 6.07) is 20.1. The molecule has 0 saturated carbocycles. The van der Waals surface area contributed by atoms with Gasteiger partial charge in [0.25, 0.3) is 0 Å². The Morgan fingerprint density at radius 1 is 0.966 bits per heavy atom. The van der Waals surface area contributed by atoms with Gasteiger partial charge in [0.05, 0.1) is 0 Å². The summed E-state index contributed by atoms with van der Waals surface area (Å²) in [5.74, 6) is 0.984. The minimum Gasteiger partial charge on any atom is -0.492 e.